The average Bonchev–Trinajstić information content (AvgIpc) is 2.48. The molecule has 0 amide bonds. The summed E-state index contributed by atoms with van der Waals surface area (Å²) in [7, 11) is -4.18. The van der Waals surface area contributed by atoms with Gasteiger partial charge in [0.25, 0.3) is 10.1 Å². The number of hydrogen-bond acceptors (Lipinski definition) is 3. The first-order valence-corrected chi connectivity index (χ1v) is 5.82. The highest BCUT2D eigenvalue weighted by atomic mass is 32.2. The van der Waals surface area contributed by atoms with Gasteiger partial charge in [-0.15, -0.1) is 0 Å². The first-order valence-electron chi connectivity index (χ1n) is 4.38. The van der Waals surface area contributed by atoms with Crippen molar-refractivity contribution in [2.75, 3.05) is 5.73 Å². The molecule has 1 aliphatic carbocycles. The van der Waals surface area contributed by atoms with E-state index in [0.717, 1.165) is 18.4 Å². The molecule has 0 aromatic heterocycles. The van der Waals surface area contributed by atoms with Gasteiger partial charge < -0.3 is 5.73 Å². The van der Waals surface area contributed by atoms with Crippen LogP contribution in [-0.2, 0) is 23.0 Å². The van der Waals surface area contributed by atoms with Gasteiger partial charge in [-0.05, 0) is 36.5 Å². The Morgan fingerprint density at radius 3 is 2.64 bits per heavy atom. The van der Waals surface area contributed by atoms with Gasteiger partial charge in [0.2, 0.25) is 0 Å². The second-order valence-corrected chi connectivity index (χ2v) is 4.81. The quantitative estimate of drug-likeness (QED) is 0.538. The Kier molecular flexibility index (Phi) is 2.01. The van der Waals surface area contributed by atoms with E-state index in [1.807, 2.05) is 6.07 Å². The van der Waals surface area contributed by atoms with E-state index in [0.29, 0.717) is 12.0 Å². The molecule has 0 saturated heterocycles. The third kappa shape index (κ3) is 1.38. The second kappa shape index (κ2) is 2.96. The minimum atomic E-state index is -4.18. The van der Waals surface area contributed by atoms with Crippen molar-refractivity contribution in [3.05, 3.63) is 23.3 Å². The largest absolute Gasteiger partial charge is 0.398 e. The number of benzene rings is 1. The molecule has 0 fully saturated rings. The van der Waals surface area contributed by atoms with Crippen LogP contribution in [0.4, 0.5) is 5.69 Å². The van der Waals surface area contributed by atoms with Crippen LogP contribution in [0.2, 0.25) is 0 Å². The number of anilines is 1. The third-order valence-corrected chi connectivity index (χ3v) is 3.52. The van der Waals surface area contributed by atoms with Crippen LogP contribution in [0.1, 0.15) is 17.5 Å². The van der Waals surface area contributed by atoms with E-state index < -0.39 is 10.1 Å². The lowest BCUT2D eigenvalue weighted by atomic mass is 10.1. The maximum Gasteiger partial charge on any atom is 0.296 e. The molecule has 1 aromatic carbocycles. The first kappa shape index (κ1) is 9.48. The summed E-state index contributed by atoms with van der Waals surface area (Å²) >= 11 is 0. The topological polar surface area (TPSA) is 80.4 Å². The average molecular weight is 213 g/mol. The van der Waals surface area contributed by atoms with Crippen molar-refractivity contribution in [1.29, 1.82) is 0 Å². The predicted octanol–water partition coefficient (Wildman–Crippen LogP) is 1.00. The molecule has 2 rings (SSSR count). The second-order valence-electron chi connectivity index (χ2n) is 3.45. The summed E-state index contributed by atoms with van der Waals surface area (Å²) in [6.45, 7) is 0. The highest BCUT2D eigenvalue weighted by molar-refractivity contribution is 7.86. The number of nitrogens with two attached hydrogens (primary N) is 1. The fraction of sp³-hybridized carbons (Fsp3) is 0.333. The summed E-state index contributed by atoms with van der Waals surface area (Å²) in [5, 5.41) is 0. The minimum Gasteiger partial charge on any atom is -0.398 e. The number of nitrogen functional groups attached to an aromatic ring is 1. The summed E-state index contributed by atoms with van der Waals surface area (Å²) in [6.07, 6.45) is 2.45. The Morgan fingerprint density at radius 2 is 2.00 bits per heavy atom. The van der Waals surface area contributed by atoms with Crippen LogP contribution in [0.3, 0.4) is 0 Å². The summed E-state index contributed by atoms with van der Waals surface area (Å²) in [5.74, 6) is 0. The van der Waals surface area contributed by atoms with Crippen molar-refractivity contribution in [3.63, 3.8) is 0 Å². The predicted molar refractivity (Wildman–Crippen MR) is 52.7 cm³/mol. The van der Waals surface area contributed by atoms with Crippen LogP contribution in [0, 0.1) is 0 Å². The molecule has 0 heterocycles. The minimum absolute atomic E-state index is 0.0903. The Bertz CT molecular complexity index is 479. The van der Waals surface area contributed by atoms with Crippen molar-refractivity contribution < 1.29 is 13.0 Å². The lowest BCUT2D eigenvalue weighted by Gasteiger charge is -2.08. The number of aryl methyl sites for hydroxylation is 1. The van der Waals surface area contributed by atoms with E-state index in [1.54, 1.807) is 0 Å². The van der Waals surface area contributed by atoms with Crippen LogP contribution >= 0.6 is 0 Å². The first-order chi connectivity index (χ1) is 6.50. The smallest absolute Gasteiger partial charge is 0.296 e. The summed E-state index contributed by atoms with van der Waals surface area (Å²) in [5.41, 5.74) is 7.34. The zero-order chi connectivity index (χ0) is 10.3. The van der Waals surface area contributed by atoms with Gasteiger partial charge >= 0.3 is 0 Å². The van der Waals surface area contributed by atoms with Crippen LogP contribution in [0.5, 0.6) is 0 Å². The van der Waals surface area contributed by atoms with Crippen molar-refractivity contribution in [1.82, 2.24) is 0 Å². The van der Waals surface area contributed by atoms with Gasteiger partial charge in [0.05, 0.1) is 5.69 Å². The zero-order valence-electron chi connectivity index (χ0n) is 7.53. The lowest BCUT2D eigenvalue weighted by molar-refractivity contribution is 0.482. The van der Waals surface area contributed by atoms with Crippen molar-refractivity contribution in [2.45, 2.75) is 24.2 Å². The summed E-state index contributed by atoms with van der Waals surface area (Å²) in [6, 6.07) is 3.36. The molecule has 3 N–H and O–H groups in total. The van der Waals surface area contributed by atoms with Gasteiger partial charge in [-0.25, -0.2) is 0 Å². The van der Waals surface area contributed by atoms with Crippen LogP contribution in [0.15, 0.2) is 17.0 Å². The lowest BCUT2D eigenvalue weighted by Crippen LogP contribution is -2.07. The van der Waals surface area contributed by atoms with E-state index >= 15 is 0 Å². The molecule has 0 saturated carbocycles. The third-order valence-electron chi connectivity index (χ3n) is 2.52. The molecule has 0 unspecified atom stereocenters. The van der Waals surface area contributed by atoms with Gasteiger partial charge in [-0.3, -0.25) is 4.55 Å². The Hall–Kier alpha value is -1.07. The molecular weight excluding hydrogens is 202 g/mol. The van der Waals surface area contributed by atoms with E-state index in [-0.39, 0.29) is 10.6 Å². The van der Waals surface area contributed by atoms with Crippen molar-refractivity contribution in [2.24, 2.45) is 0 Å². The van der Waals surface area contributed by atoms with Gasteiger partial charge in [0.15, 0.2) is 0 Å². The van der Waals surface area contributed by atoms with E-state index in [1.165, 1.54) is 6.07 Å². The van der Waals surface area contributed by atoms with Gasteiger partial charge in [0, 0.05) is 0 Å². The summed E-state index contributed by atoms with van der Waals surface area (Å²) < 4.78 is 31.2. The molecule has 76 valence electrons. The van der Waals surface area contributed by atoms with Crippen LogP contribution in [-0.4, -0.2) is 13.0 Å². The number of rotatable bonds is 1. The fourth-order valence-electron chi connectivity index (χ4n) is 1.96. The Balaban J connectivity index is 2.76. The summed E-state index contributed by atoms with van der Waals surface area (Å²) in [4.78, 5) is -0.0903. The Labute approximate surface area is 82.5 Å². The van der Waals surface area contributed by atoms with E-state index in [2.05, 4.69) is 0 Å². The molecule has 0 spiro atoms. The van der Waals surface area contributed by atoms with E-state index in [4.69, 9.17) is 10.3 Å². The molecule has 0 bridgehead atoms. The standard InChI is InChI=1S/C9H11NO3S/c10-8-5-4-6-2-1-3-7(6)9(8)14(11,12)13/h4-5H,1-3,10H2,(H,11,12,13). The van der Waals surface area contributed by atoms with Crippen molar-refractivity contribution >= 4 is 15.8 Å². The SMILES string of the molecule is Nc1ccc2c(c1S(=O)(=O)O)CCC2. The van der Waals surface area contributed by atoms with Crippen LogP contribution in [0.25, 0.3) is 0 Å². The monoisotopic (exact) mass is 213 g/mol. The number of fused-ring (bicyclic) bond motifs is 1. The fourth-order valence-corrected chi connectivity index (χ4v) is 2.87. The maximum absolute atomic E-state index is 11.1. The molecule has 0 atom stereocenters. The molecule has 1 aliphatic rings. The normalized spacial score (nSPS) is 15.5. The molecule has 14 heavy (non-hydrogen) atoms. The molecule has 0 radical (unpaired) electrons. The highest BCUT2D eigenvalue weighted by Crippen LogP contribution is 2.32. The molecule has 1 aromatic rings. The van der Waals surface area contributed by atoms with E-state index in [9.17, 15) is 8.42 Å². The zero-order valence-corrected chi connectivity index (χ0v) is 8.34. The molecule has 0 aliphatic heterocycles. The molecule has 5 heteroatoms. The van der Waals surface area contributed by atoms with Gasteiger partial charge in [-0.2, -0.15) is 8.42 Å². The Morgan fingerprint density at radius 1 is 1.29 bits per heavy atom. The van der Waals surface area contributed by atoms with Crippen LogP contribution < -0.4 is 5.73 Å². The van der Waals surface area contributed by atoms with Gasteiger partial charge in [-0.1, -0.05) is 6.07 Å². The number of hydrogen-bond donors (Lipinski definition) is 2. The molecular formula is C9H11NO3S. The maximum atomic E-state index is 11.1. The van der Waals surface area contributed by atoms with Crippen molar-refractivity contribution in [3.8, 4) is 0 Å². The van der Waals surface area contributed by atoms with Gasteiger partial charge in [0.1, 0.15) is 4.90 Å². The molecule has 4 nitrogen and oxygen atoms in total. The highest BCUT2D eigenvalue weighted by Gasteiger charge is 2.24.